The summed E-state index contributed by atoms with van der Waals surface area (Å²) >= 11 is 3.23. The first-order valence-corrected chi connectivity index (χ1v) is 6.09. The average molecular weight is 326 g/mol. The van der Waals surface area contributed by atoms with Gasteiger partial charge in [-0.1, -0.05) is 5.92 Å². The van der Waals surface area contributed by atoms with Crippen molar-refractivity contribution in [1.29, 1.82) is 0 Å². The van der Waals surface area contributed by atoms with Crippen LogP contribution in [-0.2, 0) is 9.59 Å². The summed E-state index contributed by atoms with van der Waals surface area (Å²) in [5.41, 5.74) is 0. The van der Waals surface area contributed by atoms with Gasteiger partial charge in [-0.05, 0) is 28.1 Å². The Bertz CT molecular complexity index is 496. The minimum absolute atomic E-state index is 0.0908. The summed E-state index contributed by atoms with van der Waals surface area (Å²) in [6.07, 6.45) is 6.66. The Hall–Kier alpha value is -1.91. The minimum Gasteiger partial charge on any atom is -0.480 e. The van der Waals surface area contributed by atoms with Gasteiger partial charge in [0, 0.05) is 10.7 Å². The highest BCUT2D eigenvalue weighted by molar-refractivity contribution is 9.10. The van der Waals surface area contributed by atoms with Gasteiger partial charge in [0.05, 0.1) is 19.6 Å². The molecule has 0 fully saturated rings. The highest BCUT2D eigenvalue weighted by Gasteiger charge is 2.13. The van der Waals surface area contributed by atoms with E-state index in [4.69, 9.17) is 11.5 Å². The maximum absolute atomic E-state index is 11.7. The van der Waals surface area contributed by atoms with E-state index in [1.54, 1.807) is 18.3 Å². The molecule has 1 amide bonds. The molecule has 0 saturated carbocycles. The van der Waals surface area contributed by atoms with Crippen LogP contribution in [0.25, 0.3) is 0 Å². The lowest BCUT2D eigenvalue weighted by atomic mass is 10.4. The molecule has 0 aliphatic rings. The molecule has 6 nitrogen and oxygen atoms in total. The molecule has 0 unspecified atom stereocenters. The third-order valence-corrected chi connectivity index (χ3v) is 2.50. The molecule has 1 heterocycles. The van der Waals surface area contributed by atoms with Gasteiger partial charge in [-0.2, -0.15) is 0 Å². The number of rotatable bonds is 6. The summed E-state index contributed by atoms with van der Waals surface area (Å²) < 4.78 is 0.797. The van der Waals surface area contributed by atoms with Crippen LogP contribution in [0, 0.1) is 12.3 Å². The van der Waals surface area contributed by atoms with Crippen molar-refractivity contribution in [2.24, 2.45) is 0 Å². The number of amides is 1. The standard InChI is InChI=1S/C12H12BrN3O3/c1-2-5-16(8-12(18)19)7-11(17)15-10-4-3-9(13)6-14-10/h1,3-4,6H,5,7-8H2,(H,18,19)(H,14,15,17). The number of carbonyl (C=O) groups is 2. The van der Waals surface area contributed by atoms with E-state index in [-0.39, 0.29) is 25.5 Å². The molecular weight excluding hydrogens is 314 g/mol. The number of halogens is 1. The van der Waals surface area contributed by atoms with Crippen LogP contribution in [0.2, 0.25) is 0 Å². The Morgan fingerprint density at radius 1 is 1.47 bits per heavy atom. The van der Waals surface area contributed by atoms with Crippen molar-refractivity contribution in [3.8, 4) is 12.3 Å². The minimum atomic E-state index is -1.04. The van der Waals surface area contributed by atoms with Gasteiger partial charge in [0.15, 0.2) is 0 Å². The zero-order valence-electron chi connectivity index (χ0n) is 9.97. The van der Waals surface area contributed by atoms with Gasteiger partial charge in [-0.3, -0.25) is 14.5 Å². The van der Waals surface area contributed by atoms with Crippen LogP contribution < -0.4 is 5.32 Å². The number of anilines is 1. The first-order valence-electron chi connectivity index (χ1n) is 5.30. The van der Waals surface area contributed by atoms with E-state index in [0.717, 1.165) is 4.47 Å². The van der Waals surface area contributed by atoms with E-state index >= 15 is 0 Å². The molecule has 19 heavy (non-hydrogen) atoms. The van der Waals surface area contributed by atoms with Gasteiger partial charge in [-0.15, -0.1) is 6.42 Å². The number of nitrogens with one attached hydrogen (secondary N) is 1. The number of carboxylic acids is 1. The molecule has 0 aliphatic carbocycles. The number of hydrogen-bond acceptors (Lipinski definition) is 4. The summed E-state index contributed by atoms with van der Waals surface area (Å²) in [4.78, 5) is 27.6. The highest BCUT2D eigenvalue weighted by atomic mass is 79.9. The molecule has 2 N–H and O–H groups in total. The number of nitrogens with zero attached hydrogens (tertiary/aromatic N) is 2. The Balaban J connectivity index is 2.55. The van der Waals surface area contributed by atoms with Crippen LogP contribution in [0.1, 0.15) is 0 Å². The maximum Gasteiger partial charge on any atom is 0.317 e. The van der Waals surface area contributed by atoms with Crippen LogP contribution in [0.4, 0.5) is 5.82 Å². The molecule has 0 saturated heterocycles. The van der Waals surface area contributed by atoms with Gasteiger partial charge in [0.1, 0.15) is 5.82 Å². The van der Waals surface area contributed by atoms with Crippen LogP contribution in [0.15, 0.2) is 22.8 Å². The summed E-state index contributed by atoms with van der Waals surface area (Å²) in [5, 5.41) is 11.2. The van der Waals surface area contributed by atoms with Crippen molar-refractivity contribution in [1.82, 2.24) is 9.88 Å². The second-order valence-electron chi connectivity index (χ2n) is 3.65. The first-order chi connectivity index (χ1) is 9.01. The number of carboxylic acid groups (broad SMARTS) is 1. The Kier molecular flexibility index (Phi) is 5.99. The maximum atomic E-state index is 11.7. The van der Waals surface area contributed by atoms with Crippen LogP contribution >= 0.6 is 15.9 Å². The predicted octanol–water partition coefficient (Wildman–Crippen LogP) is 0.802. The summed E-state index contributed by atoms with van der Waals surface area (Å²) in [6.45, 7) is -0.298. The smallest absolute Gasteiger partial charge is 0.317 e. The molecule has 1 rings (SSSR count). The molecule has 0 radical (unpaired) electrons. The third kappa shape index (κ3) is 5.99. The largest absolute Gasteiger partial charge is 0.480 e. The van der Waals surface area contributed by atoms with Crippen LogP contribution in [-0.4, -0.2) is 46.5 Å². The van der Waals surface area contributed by atoms with Crippen molar-refractivity contribution in [2.45, 2.75) is 0 Å². The van der Waals surface area contributed by atoms with E-state index in [0.29, 0.717) is 5.82 Å². The monoisotopic (exact) mass is 325 g/mol. The molecule has 100 valence electrons. The number of carbonyl (C=O) groups excluding carboxylic acids is 1. The fourth-order valence-electron chi connectivity index (χ4n) is 1.32. The molecule has 1 aromatic heterocycles. The normalized spacial score (nSPS) is 9.95. The quantitative estimate of drug-likeness (QED) is 0.756. The predicted molar refractivity (Wildman–Crippen MR) is 73.5 cm³/mol. The van der Waals surface area contributed by atoms with Gasteiger partial charge in [0.2, 0.25) is 5.91 Å². The van der Waals surface area contributed by atoms with E-state index in [1.165, 1.54) is 4.90 Å². The molecular formula is C12H12BrN3O3. The van der Waals surface area contributed by atoms with Crippen molar-refractivity contribution in [3.63, 3.8) is 0 Å². The lowest BCUT2D eigenvalue weighted by Gasteiger charge is -2.16. The van der Waals surface area contributed by atoms with E-state index in [2.05, 4.69) is 32.2 Å². The van der Waals surface area contributed by atoms with Crippen molar-refractivity contribution < 1.29 is 14.7 Å². The van der Waals surface area contributed by atoms with E-state index in [1.807, 2.05) is 0 Å². The lowest BCUT2D eigenvalue weighted by Crippen LogP contribution is -2.37. The summed E-state index contributed by atoms with van der Waals surface area (Å²) in [6, 6.07) is 3.36. The fraction of sp³-hybridized carbons (Fsp3) is 0.250. The van der Waals surface area contributed by atoms with Crippen LogP contribution in [0.3, 0.4) is 0 Å². The van der Waals surface area contributed by atoms with Gasteiger partial charge < -0.3 is 10.4 Å². The Morgan fingerprint density at radius 2 is 2.21 bits per heavy atom. The SMILES string of the molecule is C#CCN(CC(=O)O)CC(=O)Nc1ccc(Br)cn1. The average Bonchev–Trinajstić information content (AvgIpc) is 2.31. The Labute approximate surface area is 118 Å². The third-order valence-electron chi connectivity index (χ3n) is 2.04. The summed E-state index contributed by atoms with van der Waals surface area (Å²) in [5.74, 6) is 1.30. The number of hydrogen-bond donors (Lipinski definition) is 2. The van der Waals surface area contributed by atoms with Crippen molar-refractivity contribution in [3.05, 3.63) is 22.8 Å². The zero-order chi connectivity index (χ0) is 14.3. The second-order valence-corrected chi connectivity index (χ2v) is 4.57. The molecule has 1 aromatic rings. The molecule has 0 bridgehead atoms. The molecule has 0 spiro atoms. The highest BCUT2D eigenvalue weighted by Crippen LogP contribution is 2.10. The zero-order valence-corrected chi connectivity index (χ0v) is 11.6. The van der Waals surface area contributed by atoms with Crippen molar-refractivity contribution >= 4 is 33.6 Å². The molecule has 0 aliphatic heterocycles. The number of aliphatic carboxylic acids is 1. The van der Waals surface area contributed by atoms with Gasteiger partial charge in [0.25, 0.3) is 0 Å². The summed E-state index contributed by atoms with van der Waals surface area (Å²) in [7, 11) is 0. The lowest BCUT2D eigenvalue weighted by molar-refractivity contribution is -0.138. The number of pyridine rings is 1. The van der Waals surface area contributed by atoms with E-state index in [9.17, 15) is 9.59 Å². The number of terminal acetylenes is 1. The molecule has 0 aromatic carbocycles. The Morgan fingerprint density at radius 3 is 2.74 bits per heavy atom. The molecule has 7 heteroatoms. The topological polar surface area (TPSA) is 82.5 Å². The molecule has 0 atom stereocenters. The van der Waals surface area contributed by atoms with Crippen LogP contribution in [0.5, 0.6) is 0 Å². The van der Waals surface area contributed by atoms with Gasteiger partial charge in [-0.25, -0.2) is 4.98 Å². The van der Waals surface area contributed by atoms with Crippen molar-refractivity contribution in [2.75, 3.05) is 25.0 Å². The van der Waals surface area contributed by atoms with E-state index < -0.39 is 5.97 Å². The number of aromatic nitrogens is 1. The van der Waals surface area contributed by atoms with Gasteiger partial charge >= 0.3 is 5.97 Å². The fourth-order valence-corrected chi connectivity index (χ4v) is 1.56. The second kappa shape index (κ2) is 7.51. The first kappa shape index (κ1) is 15.1.